The third kappa shape index (κ3) is 4.00. The Morgan fingerprint density at radius 3 is 2.68 bits per heavy atom. The first kappa shape index (κ1) is 17.5. The van der Waals surface area contributed by atoms with Crippen LogP contribution in [0.1, 0.15) is 48.7 Å². The van der Waals surface area contributed by atoms with Gasteiger partial charge in [-0.25, -0.2) is 4.39 Å². The largest absolute Gasteiger partial charge is 0.369 e. The summed E-state index contributed by atoms with van der Waals surface area (Å²) in [4.78, 5) is 14.4. The van der Waals surface area contributed by atoms with E-state index in [-0.39, 0.29) is 23.8 Å². The van der Waals surface area contributed by atoms with Gasteiger partial charge in [0.15, 0.2) is 0 Å². The number of hydrogen-bond acceptors (Lipinski definition) is 3. The Kier molecular flexibility index (Phi) is 5.06. The number of carbonyl (C=O) groups excluding carboxylic acids is 1. The highest BCUT2D eigenvalue weighted by Crippen LogP contribution is 2.24. The second kappa shape index (κ2) is 7.25. The fourth-order valence-corrected chi connectivity index (χ4v) is 3.14. The molecule has 0 atom stereocenters. The summed E-state index contributed by atoms with van der Waals surface area (Å²) in [7, 11) is 0. The highest BCUT2D eigenvalue weighted by molar-refractivity contribution is 5.93. The molecule has 1 amide bonds. The molecule has 1 N–H and O–H groups in total. The average molecular weight is 344 g/mol. The molecule has 1 aliphatic heterocycles. The summed E-state index contributed by atoms with van der Waals surface area (Å²) in [6.45, 7) is 7.48. The minimum atomic E-state index is -0.186. The Balaban J connectivity index is 1.57. The quantitative estimate of drug-likeness (QED) is 0.926. The highest BCUT2D eigenvalue weighted by atomic mass is 19.1. The van der Waals surface area contributed by atoms with Gasteiger partial charge in [0.1, 0.15) is 5.82 Å². The molecular formula is C19H25FN4O. The molecular weight excluding hydrogens is 319 g/mol. The zero-order chi connectivity index (χ0) is 18.0. The monoisotopic (exact) mass is 344 g/mol. The summed E-state index contributed by atoms with van der Waals surface area (Å²) in [5, 5.41) is 7.28. The van der Waals surface area contributed by atoms with Gasteiger partial charge < -0.3 is 10.2 Å². The van der Waals surface area contributed by atoms with Crippen LogP contribution in [-0.4, -0.2) is 34.8 Å². The van der Waals surface area contributed by atoms with Crippen LogP contribution in [0.2, 0.25) is 0 Å². The van der Waals surface area contributed by atoms with E-state index in [0.29, 0.717) is 11.3 Å². The molecule has 1 aliphatic rings. The van der Waals surface area contributed by atoms with Crippen LogP contribution in [0.4, 0.5) is 10.1 Å². The van der Waals surface area contributed by atoms with E-state index >= 15 is 0 Å². The number of piperidine rings is 1. The number of carbonyl (C=O) groups is 1. The number of anilines is 1. The summed E-state index contributed by atoms with van der Waals surface area (Å²) in [6, 6.07) is 5.52. The lowest BCUT2D eigenvalue weighted by Gasteiger charge is -2.34. The molecule has 134 valence electrons. The Morgan fingerprint density at radius 1 is 1.32 bits per heavy atom. The molecule has 3 rings (SSSR count). The van der Waals surface area contributed by atoms with Crippen molar-refractivity contribution in [3.8, 4) is 0 Å². The maximum atomic E-state index is 14.0. The highest BCUT2D eigenvalue weighted by Gasteiger charge is 2.23. The molecule has 6 heteroatoms. The number of aromatic nitrogens is 2. The standard InChI is InChI=1S/C19H25FN4O/c1-13(2)24-12-15(11-21-24)19(25)22-16-6-8-23(9-7-16)18-10-14(3)4-5-17(18)20/h4-5,10-13,16H,6-9H2,1-3H3,(H,22,25). The van der Waals surface area contributed by atoms with Crippen LogP contribution in [0.5, 0.6) is 0 Å². The zero-order valence-corrected chi connectivity index (χ0v) is 15.0. The van der Waals surface area contributed by atoms with Gasteiger partial charge in [0.25, 0.3) is 5.91 Å². The van der Waals surface area contributed by atoms with E-state index in [1.54, 1.807) is 23.1 Å². The van der Waals surface area contributed by atoms with Crippen LogP contribution >= 0.6 is 0 Å². The van der Waals surface area contributed by atoms with Crippen LogP contribution in [-0.2, 0) is 0 Å². The average Bonchev–Trinajstić information content (AvgIpc) is 3.08. The van der Waals surface area contributed by atoms with E-state index in [0.717, 1.165) is 31.5 Å². The zero-order valence-electron chi connectivity index (χ0n) is 15.0. The van der Waals surface area contributed by atoms with E-state index < -0.39 is 0 Å². The van der Waals surface area contributed by atoms with E-state index in [9.17, 15) is 9.18 Å². The van der Waals surface area contributed by atoms with Crippen molar-refractivity contribution in [1.82, 2.24) is 15.1 Å². The summed E-state index contributed by atoms with van der Waals surface area (Å²) in [5.74, 6) is -0.277. The van der Waals surface area contributed by atoms with Crippen LogP contribution in [0.15, 0.2) is 30.6 Å². The van der Waals surface area contributed by atoms with Crippen molar-refractivity contribution < 1.29 is 9.18 Å². The van der Waals surface area contributed by atoms with Gasteiger partial charge in [-0.1, -0.05) is 6.07 Å². The maximum Gasteiger partial charge on any atom is 0.254 e. The molecule has 1 saturated heterocycles. The van der Waals surface area contributed by atoms with Crippen molar-refractivity contribution in [2.24, 2.45) is 0 Å². The number of rotatable bonds is 4. The number of nitrogens with one attached hydrogen (secondary N) is 1. The molecule has 1 aromatic carbocycles. The fraction of sp³-hybridized carbons (Fsp3) is 0.474. The minimum Gasteiger partial charge on any atom is -0.369 e. The van der Waals surface area contributed by atoms with Crippen LogP contribution in [0.25, 0.3) is 0 Å². The van der Waals surface area contributed by atoms with Gasteiger partial charge in [0.2, 0.25) is 0 Å². The third-order valence-corrected chi connectivity index (χ3v) is 4.67. The molecule has 2 heterocycles. The third-order valence-electron chi connectivity index (χ3n) is 4.67. The van der Waals surface area contributed by atoms with Crippen molar-refractivity contribution in [3.63, 3.8) is 0 Å². The molecule has 0 spiro atoms. The summed E-state index contributed by atoms with van der Waals surface area (Å²) in [6.07, 6.45) is 4.98. The summed E-state index contributed by atoms with van der Waals surface area (Å²) in [5.41, 5.74) is 2.29. The molecule has 2 aromatic rings. The lowest BCUT2D eigenvalue weighted by atomic mass is 10.0. The van der Waals surface area contributed by atoms with Crippen molar-refractivity contribution in [3.05, 3.63) is 47.5 Å². The van der Waals surface area contributed by atoms with Gasteiger partial charge in [-0.2, -0.15) is 5.10 Å². The number of halogens is 1. The Hall–Kier alpha value is -2.37. The number of benzene rings is 1. The SMILES string of the molecule is Cc1ccc(F)c(N2CCC(NC(=O)c3cnn(C(C)C)c3)CC2)c1. The van der Waals surface area contributed by atoms with Gasteiger partial charge in [-0.05, 0) is 51.3 Å². The topological polar surface area (TPSA) is 50.2 Å². The van der Waals surface area contributed by atoms with Gasteiger partial charge in [0, 0.05) is 31.4 Å². The van der Waals surface area contributed by atoms with Crippen LogP contribution in [0.3, 0.4) is 0 Å². The molecule has 1 fully saturated rings. The van der Waals surface area contributed by atoms with E-state index in [4.69, 9.17) is 0 Å². The van der Waals surface area contributed by atoms with E-state index in [1.807, 2.05) is 26.8 Å². The van der Waals surface area contributed by atoms with Crippen molar-refractivity contribution in [2.45, 2.75) is 45.7 Å². The molecule has 0 saturated carbocycles. The predicted octanol–water partition coefficient (Wildman–Crippen LogP) is 3.31. The van der Waals surface area contributed by atoms with Gasteiger partial charge in [-0.15, -0.1) is 0 Å². The molecule has 0 bridgehead atoms. The second-order valence-electron chi connectivity index (χ2n) is 6.99. The molecule has 0 aliphatic carbocycles. The Morgan fingerprint density at radius 2 is 2.04 bits per heavy atom. The van der Waals surface area contributed by atoms with Gasteiger partial charge in [0.05, 0.1) is 17.4 Å². The van der Waals surface area contributed by atoms with Gasteiger partial charge >= 0.3 is 0 Å². The predicted molar refractivity (Wildman–Crippen MR) is 96.5 cm³/mol. The number of amides is 1. The summed E-state index contributed by atoms with van der Waals surface area (Å²) >= 11 is 0. The van der Waals surface area contributed by atoms with Crippen LogP contribution in [0, 0.1) is 12.7 Å². The second-order valence-corrected chi connectivity index (χ2v) is 6.99. The molecule has 0 radical (unpaired) electrons. The smallest absolute Gasteiger partial charge is 0.254 e. The van der Waals surface area contributed by atoms with E-state index in [1.165, 1.54) is 6.07 Å². The molecule has 0 unspecified atom stereocenters. The lowest BCUT2D eigenvalue weighted by molar-refractivity contribution is 0.0931. The summed E-state index contributed by atoms with van der Waals surface area (Å²) < 4.78 is 15.8. The number of nitrogens with zero attached hydrogens (tertiary/aromatic N) is 3. The Labute approximate surface area is 147 Å². The number of hydrogen-bond donors (Lipinski definition) is 1. The Bertz CT molecular complexity index is 748. The van der Waals surface area contributed by atoms with Crippen molar-refractivity contribution in [1.29, 1.82) is 0 Å². The first-order valence-electron chi connectivity index (χ1n) is 8.80. The normalized spacial score (nSPS) is 15.6. The van der Waals surface area contributed by atoms with Gasteiger partial charge in [-0.3, -0.25) is 9.48 Å². The first-order valence-corrected chi connectivity index (χ1v) is 8.80. The number of aryl methyl sites for hydroxylation is 1. The van der Waals surface area contributed by atoms with E-state index in [2.05, 4.69) is 15.3 Å². The molecule has 25 heavy (non-hydrogen) atoms. The minimum absolute atomic E-state index is 0.0907. The van der Waals surface area contributed by atoms with Crippen molar-refractivity contribution >= 4 is 11.6 Å². The van der Waals surface area contributed by atoms with Crippen LogP contribution < -0.4 is 10.2 Å². The lowest BCUT2D eigenvalue weighted by Crippen LogP contribution is -2.44. The maximum absolute atomic E-state index is 14.0. The fourth-order valence-electron chi connectivity index (χ4n) is 3.14. The molecule has 5 nitrogen and oxygen atoms in total. The molecule has 1 aromatic heterocycles. The van der Waals surface area contributed by atoms with Crippen molar-refractivity contribution in [2.75, 3.05) is 18.0 Å². The first-order chi connectivity index (χ1) is 11.9.